The van der Waals surface area contributed by atoms with Gasteiger partial charge < -0.3 is 15.4 Å². The number of carbonyl (C=O) groups is 1. The minimum atomic E-state index is -0.111. The SMILES string of the molecule is Cc1cccc(OCC(=O)NCc2ccc3c(c2)CNC3)c1. The average molecular weight is 296 g/mol. The largest absolute Gasteiger partial charge is 0.484 e. The van der Waals surface area contributed by atoms with Gasteiger partial charge in [0.25, 0.3) is 5.91 Å². The Balaban J connectivity index is 1.48. The molecule has 0 aromatic heterocycles. The van der Waals surface area contributed by atoms with Crippen LogP contribution in [-0.4, -0.2) is 12.5 Å². The predicted octanol–water partition coefficient (Wildman–Crippen LogP) is 2.29. The zero-order valence-corrected chi connectivity index (χ0v) is 12.7. The summed E-state index contributed by atoms with van der Waals surface area (Å²) < 4.78 is 5.49. The maximum absolute atomic E-state index is 11.9. The van der Waals surface area contributed by atoms with Crippen molar-refractivity contribution in [3.05, 3.63) is 64.7 Å². The zero-order chi connectivity index (χ0) is 15.4. The average Bonchev–Trinajstić information content (AvgIpc) is 2.98. The standard InChI is InChI=1S/C18H20N2O2/c1-13-3-2-4-17(7-13)22-12-18(21)20-9-14-5-6-15-10-19-11-16(15)8-14/h2-8,19H,9-12H2,1H3,(H,20,21). The molecule has 22 heavy (non-hydrogen) atoms. The zero-order valence-electron chi connectivity index (χ0n) is 12.7. The van der Waals surface area contributed by atoms with Gasteiger partial charge in [-0.05, 0) is 41.3 Å². The number of benzene rings is 2. The number of hydrogen-bond donors (Lipinski definition) is 2. The first-order valence-corrected chi connectivity index (χ1v) is 7.48. The molecule has 1 amide bonds. The number of nitrogens with one attached hydrogen (secondary N) is 2. The van der Waals surface area contributed by atoms with Crippen LogP contribution in [-0.2, 0) is 24.4 Å². The van der Waals surface area contributed by atoms with Crippen LogP contribution in [0.4, 0.5) is 0 Å². The summed E-state index contributed by atoms with van der Waals surface area (Å²) in [7, 11) is 0. The molecule has 0 atom stereocenters. The number of fused-ring (bicyclic) bond motifs is 1. The quantitative estimate of drug-likeness (QED) is 0.890. The monoisotopic (exact) mass is 296 g/mol. The molecule has 0 spiro atoms. The summed E-state index contributed by atoms with van der Waals surface area (Å²) in [5, 5.41) is 6.21. The maximum Gasteiger partial charge on any atom is 0.258 e. The van der Waals surface area contributed by atoms with Gasteiger partial charge in [-0.2, -0.15) is 0 Å². The van der Waals surface area contributed by atoms with Gasteiger partial charge in [0.1, 0.15) is 5.75 Å². The Hall–Kier alpha value is -2.33. The molecule has 2 aromatic rings. The molecule has 0 fully saturated rings. The van der Waals surface area contributed by atoms with Gasteiger partial charge >= 0.3 is 0 Å². The summed E-state index contributed by atoms with van der Waals surface area (Å²) in [6.07, 6.45) is 0. The van der Waals surface area contributed by atoms with Gasteiger partial charge in [-0.3, -0.25) is 4.79 Å². The highest BCUT2D eigenvalue weighted by atomic mass is 16.5. The van der Waals surface area contributed by atoms with Crippen molar-refractivity contribution in [3.8, 4) is 5.75 Å². The lowest BCUT2D eigenvalue weighted by atomic mass is 10.1. The van der Waals surface area contributed by atoms with Gasteiger partial charge in [-0.25, -0.2) is 0 Å². The van der Waals surface area contributed by atoms with Crippen molar-refractivity contribution < 1.29 is 9.53 Å². The van der Waals surface area contributed by atoms with Crippen molar-refractivity contribution in [2.75, 3.05) is 6.61 Å². The lowest BCUT2D eigenvalue weighted by molar-refractivity contribution is -0.123. The summed E-state index contributed by atoms with van der Waals surface area (Å²) in [6.45, 7) is 4.41. The Kier molecular flexibility index (Phi) is 4.39. The molecule has 1 aliphatic rings. The molecule has 3 rings (SSSR count). The van der Waals surface area contributed by atoms with Gasteiger partial charge in [-0.15, -0.1) is 0 Å². The van der Waals surface area contributed by atoms with Gasteiger partial charge in [0.2, 0.25) is 0 Å². The third-order valence-corrected chi connectivity index (χ3v) is 3.75. The molecule has 114 valence electrons. The highest BCUT2D eigenvalue weighted by Crippen LogP contribution is 2.17. The molecular weight excluding hydrogens is 276 g/mol. The molecule has 1 aliphatic heterocycles. The van der Waals surface area contributed by atoms with Crippen LogP contribution in [0.1, 0.15) is 22.3 Å². The third-order valence-electron chi connectivity index (χ3n) is 3.75. The minimum absolute atomic E-state index is 0.0376. The van der Waals surface area contributed by atoms with Crippen LogP contribution in [0.5, 0.6) is 5.75 Å². The van der Waals surface area contributed by atoms with E-state index in [1.54, 1.807) is 0 Å². The Bertz CT molecular complexity index is 683. The molecule has 4 nitrogen and oxygen atoms in total. The van der Waals surface area contributed by atoms with Gasteiger partial charge in [-0.1, -0.05) is 30.3 Å². The number of amides is 1. The fourth-order valence-electron chi connectivity index (χ4n) is 2.56. The molecule has 0 saturated heterocycles. The van der Waals surface area contributed by atoms with Crippen LogP contribution in [0, 0.1) is 6.92 Å². The molecule has 2 N–H and O–H groups in total. The molecule has 4 heteroatoms. The van der Waals surface area contributed by atoms with Gasteiger partial charge in [0.15, 0.2) is 6.61 Å². The topological polar surface area (TPSA) is 50.4 Å². The number of hydrogen-bond acceptors (Lipinski definition) is 3. The van der Waals surface area contributed by atoms with Crippen molar-refractivity contribution in [2.24, 2.45) is 0 Å². The van der Waals surface area contributed by atoms with Gasteiger partial charge in [0.05, 0.1) is 0 Å². The first-order valence-electron chi connectivity index (χ1n) is 7.48. The number of ether oxygens (including phenoxy) is 1. The van der Waals surface area contributed by atoms with Crippen molar-refractivity contribution in [3.63, 3.8) is 0 Å². The highest BCUT2D eigenvalue weighted by Gasteiger charge is 2.10. The van der Waals surface area contributed by atoms with Crippen molar-refractivity contribution in [1.82, 2.24) is 10.6 Å². The van der Waals surface area contributed by atoms with E-state index in [4.69, 9.17) is 4.74 Å². The number of rotatable bonds is 5. The van der Waals surface area contributed by atoms with E-state index >= 15 is 0 Å². The normalized spacial score (nSPS) is 12.8. The minimum Gasteiger partial charge on any atom is -0.484 e. The third kappa shape index (κ3) is 3.65. The van der Waals surface area contributed by atoms with Crippen LogP contribution in [0.2, 0.25) is 0 Å². The highest BCUT2D eigenvalue weighted by molar-refractivity contribution is 5.77. The summed E-state index contributed by atoms with van der Waals surface area (Å²) in [6, 6.07) is 14.0. The Morgan fingerprint density at radius 1 is 1.18 bits per heavy atom. The summed E-state index contributed by atoms with van der Waals surface area (Å²) in [5.74, 6) is 0.610. The summed E-state index contributed by atoms with van der Waals surface area (Å²) in [5.41, 5.74) is 4.90. The molecule has 0 saturated carbocycles. The van der Waals surface area contributed by atoms with Crippen LogP contribution < -0.4 is 15.4 Å². The van der Waals surface area contributed by atoms with E-state index in [-0.39, 0.29) is 12.5 Å². The first-order chi connectivity index (χ1) is 10.7. The van der Waals surface area contributed by atoms with Crippen LogP contribution in [0.15, 0.2) is 42.5 Å². The van der Waals surface area contributed by atoms with E-state index in [0.29, 0.717) is 6.54 Å². The van der Waals surface area contributed by atoms with E-state index in [1.807, 2.05) is 31.2 Å². The summed E-state index contributed by atoms with van der Waals surface area (Å²) >= 11 is 0. The van der Waals surface area contributed by atoms with Crippen molar-refractivity contribution >= 4 is 5.91 Å². The lowest BCUT2D eigenvalue weighted by Crippen LogP contribution is -2.28. The van der Waals surface area contributed by atoms with E-state index in [1.165, 1.54) is 11.1 Å². The molecule has 0 unspecified atom stereocenters. The number of aryl methyl sites for hydroxylation is 1. The second-order valence-electron chi connectivity index (χ2n) is 5.59. The second-order valence-corrected chi connectivity index (χ2v) is 5.59. The Morgan fingerprint density at radius 3 is 2.91 bits per heavy atom. The maximum atomic E-state index is 11.9. The lowest BCUT2D eigenvalue weighted by Gasteiger charge is -2.09. The van der Waals surface area contributed by atoms with Crippen LogP contribution in [0.25, 0.3) is 0 Å². The number of carbonyl (C=O) groups excluding carboxylic acids is 1. The van der Waals surface area contributed by atoms with Crippen molar-refractivity contribution in [1.29, 1.82) is 0 Å². The second kappa shape index (κ2) is 6.62. The smallest absolute Gasteiger partial charge is 0.258 e. The van der Waals surface area contributed by atoms with E-state index in [9.17, 15) is 4.79 Å². The molecule has 1 heterocycles. The fourth-order valence-corrected chi connectivity index (χ4v) is 2.56. The molecule has 0 bridgehead atoms. The predicted molar refractivity (Wildman–Crippen MR) is 85.5 cm³/mol. The molecule has 2 aromatic carbocycles. The Morgan fingerprint density at radius 2 is 2.05 bits per heavy atom. The Labute approximate surface area is 130 Å². The van der Waals surface area contributed by atoms with Crippen LogP contribution in [0.3, 0.4) is 0 Å². The molecule has 0 radical (unpaired) electrons. The fraction of sp³-hybridized carbons (Fsp3) is 0.278. The van der Waals surface area contributed by atoms with E-state index < -0.39 is 0 Å². The summed E-state index contributed by atoms with van der Waals surface area (Å²) in [4.78, 5) is 11.9. The van der Waals surface area contributed by atoms with E-state index in [2.05, 4.69) is 28.8 Å². The van der Waals surface area contributed by atoms with Gasteiger partial charge in [0, 0.05) is 19.6 Å². The first kappa shape index (κ1) is 14.6. The van der Waals surface area contributed by atoms with Crippen molar-refractivity contribution in [2.45, 2.75) is 26.6 Å². The molecule has 0 aliphatic carbocycles. The van der Waals surface area contributed by atoms with E-state index in [0.717, 1.165) is 30.0 Å². The van der Waals surface area contributed by atoms with Crippen LogP contribution >= 0.6 is 0 Å². The molecular formula is C18H20N2O2.